The topological polar surface area (TPSA) is 479 Å². The van der Waals surface area contributed by atoms with Gasteiger partial charge in [0.25, 0.3) is 11.8 Å². The summed E-state index contributed by atoms with van der Waals surface area (Å²) in [5.74, 6) is -4.74. The van der Waals surface area contributed by atoms with Gasteiger partial charge in [0, 0.05) is 69.7 Å². The molecule has 3 fully saturated rings. The third kappa shape index (κ3) is 16.7. The second kappa shape index (κ2) is 29.3. The van der Waals surface area contributed by atoms with Crippen LogP contribution in [0.4, 0.5) is 26.9 Å². The molecule has 35 nitrogen and oxygen atoms in total. The number of hydrogen-bond donors (Lipinski definition) is 9. The van der Waals surface area contributed by atoms with Crippen LogP contribution in [0.3, 0.4) is 0 Å². The van der Waals surface area contributed by atoms with Crippen LogP contribution >= 0.6 is 13.4 Å². The Bertz CT molecular complexity index is 3680. The number of urea groups is 1. The fourth-order valence-corrected chi connectivity index (χ4v) is 13.1. The van der Waals surface area contributed by atoms with Crippen molar-refractivity contribution in [2.24, 2.45) is 17.6 Å². The van der Waals surface area contributed by atoms with Gasteiger partial charge in [0.2, 0.25) is 11.8 Å². The minimum Gasteiger partial charge on any atom is -0.455 e. The predicted octanol–water partition coefficient (Wildman–Crippen LogP) is 0.616. The number of nitrogen functional groups attached to an aromatic ring is 2. The first-order chi connectivity index (χ1) is 43.3. The lowest BCUT2D eigenvalue weighted by Crippen LogP contribution is -2.46. The van der Waals surface area contributed by atoms with Gasteiger partial charge in [-0.2, -0.15) is 0 Å². The Kier molecular flexibility index (Phi) is 21.8. The lowest BCUT2D eigenvalue weighted by molar-refractivity contribution is -0.158. The lowest BCUT2D eigenvalue weighted by Gasteiger charge is -2.29. The third-order valence-corrected chi connectivity index (χ3v) is 18.0. The standard InChI is InChI=1S/C52H66N16O19P2S2/c1-26(2)37(64-33(70)14-17-66-34(71)12-13-35(66)72)30(69)18-28(6-4-15-56-51(55)76)48(75)63-29-10-8-27(9-11-29)19-80-52(77)65(3)16-5-7-36(73)85-43-41-32(84-50(43)68-25-62-39-45(54)58-23-60-47(39)68)21-82-89(79,91)87-42-40(74)31(20-81-88(78,90)86-41)83-49(42)67-24-61-38-44(53)57-22-59-46(38)67/h8-13,22-26,28,31-32,37,40-43,49-50,74H,4-7,14-21H2,1-3H3,(H,63,75)(H,64,70)(H,78,90)(H,79,91)(H2,53,57,59)(H2,54,58,60)(H3,55,56,76)/t28-,31-,32-,37+,40-,41-,42-,43-,49-,50-,88?,89?/m1/s1. The van der Waals surface area contributed by atoms with Gasteiger partial charge < -0.3 is 80.9 Å². The van der Waals surface area contributed by atoms with Crippen LogP contribution in [0.25, 0.3) is 22.3 Å². The largest absolute Gasteiger partial charge is 0.455 e. The molecule has 5 aromatic rings. The first-order valence-electron chi connectivity index (χ1n) is 28.3. The number of esters is 1. The van der Waals surface area contributed by atoms with Crippen molar-refractivity contribution in [2.75, 3.05) is 56.7 Å². The Balaban J connectivity index is 0.801. The van der Waals surface area contributed by atoms with Crippen molar-refractivity contribution in [1.82, 2.24) is 59.5 Å². The number of imidazole rings is 2. The quantitative estimate of drug-likeness (QED) is 0.0187. The molecule has 7 amide bonds. The first kappa shape index (κ1) is 67.7. The number of aliphatic hydroxyl groups excluding tert-OH is 1. The molecule has 4 aromatic heterocycles. The van der Waals surface area contributed by atoms with Gasteiger partial charge >= 0.3 is 31.5 Å². The van der Waals surface area contributed by atoms with Crippen LogP contribution in [-0.4, -0.2) is 194 Å². The maximum atomic E-state index is 13.9. The molecule has 0 aliphatic carbocycles. The van der Waals surface area contributed by atoms with Crippen LogP contribution in [-0.2, 0) is 96.0 Å². The van der Waals surface area contributed by atoms with Gasteiger partial charge in [-0.15, -0.1) is 0 Å². The zero-order chi connectivity index (χ0) is 65.5. The van der Waals surface area contributed by atoms with Crippen LogP contribution in [0.5, 0.6) is 0 Å². The highest BCUT2D eigenvalue weighted by Crippen LogP contribution is 2.54. The van der Waals surface area contributed by atoms with Gasteiger partial charge in [-0.05, 0) is 66.5 Å². The van der Waals surface area contributed by atoms with Crippen molar-refractivity contribution in [1.29, 1.82) is 0 Å². The van der Waals surface area contributed by atoms with Gasteiger partial charge in [0.1, 0.15) is 60.8 Å². The molecule has 0 spiro atoms. The summed E-state index contributed by atoms with van der Waals surface area (Å²) in [4.78, 5) is 153. The third-order valence-electron chi connectivity index (χ3n) is 14.9. The van der Waals surface area contributed by atoms with Crippen molar-refractivity contribution in [3.05, 3.63) is 67.3 Å². The van der Waals surface area contributed by atoms with E-state index in [0.29, 0.717) is 11.3 Å². The molecule has 0 saturated carbocycles. The molecule has 2 unspecified atom stereocenters. The van der Waals surface area contributed by atoms with Crippen LogP contribution in [0, 0.1) is 11.8 Å². The second-order valence-corrected chi connectivity index (χ2v) is 27.3. The fraction of sp³-hybridized carbons (Fsp3) is 0.500. The Hall–Kier alpha value is -7.64. The van der Waals surface area contributed by atoms with Crippen LogP contribution in [0.15, 0.2) is 61.7 Å². The number of aliphatic hydroxyl groups is 1. The molecule has 490 valence electrons. The number of rotatable bonds is 23. The summed E-state index contributed by atoms with van der Waals surface area (Å²) in [7, 11) is 1.44. The van der Waals surface area contributed by atoms with E-state index in [4.69, 9.17) is 77.9 Å². The molecule has 91 heavy (non-hydrogen) atoms. The number of ketones is 1. The monoisotopic (exact) mass is 1340 g/mol. The molecule has 4 aliphatic rings. The molecule has 0 radical (unpaired) electrons. The Morgan fingerprint density at radius 3 is 2.02 bits per heavy atom. The lowest BCUT2D eigenvalue weighted by atomic mass is 9.89. The van der Waals surface area contributed by atoms with E-state index in [0.717, 1.165) is 17.1 Å². The molecule has 9 rings (SSSR count). The zero-order valence-electron chi connectivity index (χ0n) is 48.9. The molecule has 12 N–H and O–H groups in total. The number of fused-ring (bicyclic) bond motifs is 5. The molecule has 39 heteroatoms. The van der Waals surface area contributed by atoms with E-state index in [1.54, 1.807) is 38.1 Å². The average molecular weight is 1350 g/mol. The molecule has 8 heterocycles. The Morgan fingerprint density at radius 2 is 1.41 bits per heavy atom. The number of amides is 7. The molecular formula is C52H66N16O19P2S2. The van der Waals surface area contributed by atoms with Gasteiger partial charge in [0.15, 0.2) is 47.3 Å². The van der Waals surface area contributed by atoms with Gasteiger partial charge in [-0.3, -0.25) is 51.8 Å². The number of carbonyl (C=O) groups is 8. The Morgan fingerprint density at radius 1 is 0.813 bits per heavy atom. The van der Waals surface area contributed by atoms with Gasteiger partial charge in [-0.1, -0.05) is 26.0 Å². The smallest absolute Gasteiger partial charge is 0.409 e. The predicted molar refractivity (Wildman–Crippen MR) is 322 cm³/mol. The van der Waals surface area contributed by atoms with Crippen molar-refractivity contribution in [3.8, 4) is 0 Å². The fourth-order valence-electron chi connectivity index (χ4n) is 10.3. The number of primary amides is 1. The minimum atomic E-state index is -4.45. The van der Waals surface area contributed by atoms with E-state index in [1.165, 1.54) is 46.4 Å². The van der Waals surface area contributed by atoms with Crippen LogP contribution < -0.4 is 33.2 Å². The molecular weight excluding hydrogens is 1280 g/mol. The Labute approximate surface area is 527 Å². The molecule has 4 aliphatic heterocycles. The van der Waals surface area contributed by atoms with E-state index >= 15 is 0 Å². The summed E-state index contributed by atoms with van der Waals surface area (Å²) in [5.41, 5.74) is 18.8. The van der Waals surface area contributed by atoms with Crippen LogP contribution in [0.1, 0.15) is 70.4 Å². The summed E-state index contributed by atoms with van der Waals surface area (Å²) in [5, 5.41) is 19.5. The molecule has 3 saturated heterocycles. The van der Waals surface area contributed by atoms with Crippen molar-refractivity contribution >= 4 is 124 Å². The highest BCUT2D eigenvalue weighted by molar-refractivity contribution is 8.07. The maximum Gasteiger partial charge on any atom is 0.409 e. The number of hydrogen-bond acceptors (Lipinski definition) is 27. The maximum absolute atomic E-state index is 13.9. The summed E-state index contributed by atoms with van der Waals surface area (Å²) in [6.07, 6.45) is -5.46. The summed E-state index contributed by atoms with van der Waals surface area (Å²) >= 11 is 10.9. The molecule has 2 bridgehead atoms. The number of nitrogens with zero attached hydrogens (tertiary/aromatic N) is 10. The van der Waals surface area contributed by atoms with Crippen molar-refractivity contribution in [3.63, 3.8) is 0 Å². The number of carbonyl (C=O) groups excluding carboxylic acids is 8. The highest BCUT2D eigenvalue weighted by atomic mass is 32.5. The van der Waals surface area contributed by atoms with E-state index in [9.17, 15) is 53.2 Å². The van der Waals surface area contributed by atoms with Crippen LogP contribution in [0.2, 0.25) is 0 Å². The summed E-state index contributed by atoms with van der Waals surface area (Å²) in [6, 6.07) is 4.55. The first-order valence-corrected chi connectivity index (χ1v) is 33.5. The number of imide groups is 1. The van der Waals surface area contributed by atoms with Gasteiger partial charge in [-0.25, -0.2) is 39.5 Å². The minimum absolute atomic E-state index is 0.00506. The summed E-state index contributed by atoms with van der Waals surface area (Å²) < 4.78 is 50.5. The number of aromatic nitrogens is 8. The summed E-state index contributed by atoms with van der Waals surface area (Å²) in [6.45, 7) is -6.96. The normalized spacial score (nSPS) is 25.7. The SMILES string of the molecule is CC(C)[C@H](NC(=O)CCN1C(=O)C=CC1=O)C(=O)C[C@@H](CCCNC(N)=O)C(=O)Nc1ccc(COC(=O)N(C)CCCC(=O)O[C@@H]2[C@@H]3OP(O)(=S)OC[C@H]4O[C@@H](n5cnc6c(N)ncnc65)[C@H](OP(O)(=S)OC[C@H]3O[C@H]2n2cnc3c(N)ncnc32)[C@@H]4O)cc1. The number of anilines is 3. The van der Waals surface area contributed by atoms with Crippen molar-refractivity contribution in [2.45, 2.75) is 114 Å². The molecule has 1 aromatic carbocycles. The van der Waals surface area contributed by atoms with E-state index in [2.05, 4.69) is 45.9 Å². The van der Waals surface area contributed by atoms with E-state index < -0.39 is 141 Å². The second-order valence-electron chi connectivity index (χ2n) is 21.7. The van der Waals surface area contributed by atoms with E-state index in [1.807, 2.05) is 0 Å². The number of ether oxygens (including phenoxy) is 4. The number of benzene rings is 1. The van der Waals surface area contributed by atoms with Crippen molar-refractivity contribution < 1.29 is 90.3 Å². The highest BCUT2D eigenvalue weighted by Gasteiger charge is 2.54. The van der Waals surface area contributed by atoms with Gasteiger partial charge in [0.05, 0.1) is 31.9 Å². The molecule has 12 atom stereocenters. The number of Topliss-reactive ketones (excluding diaryl/α,β-unsaturated/α-hetero) is 1. The average Bonchev–Trinajstić information content (AvgIpc) is 1.62. The number of nitrogens with two attached hydrogens (primary N) is 3. The number of nitrogens with one attached hydrogen (secondary N) is 3. The van der Waals surface area contributed by atoms with E-state index in [-0.39, 0.29) is 98.7 Å². The zero-order valence-corrected chi connectivity index (χ0v) is 52.3.